The largest absolute Gasteiger partial charge is 0.121 e. The molecule has 80 valence electrons. The lowest BCUT2D eigenvalue weighted by Gasteiger charge is -2.07. The van der Waals surface area contributed by atoms with Crippen LogP contribution in [0.2, 0.25) is 0 Å². The van der Waals surface area contributed by atoms with Gasteiger partial charge < -0.3 is 0 Å². The minimum atomic E-state index is 1.08. The fourth-order valence-electron chi connectivity index (χ4n) is 2.28. The smallest absolute Gasteiger partial charge is 0.0237 e. The van der Waals surface area contributed by atoms with Gasteiger partial charge in [0.1, 0.15) is 0 Å². The van der Waals surface area contributed by atoms with Gasteiger partial charge in [-0.15, -0.1) is 11.8 Å². The van der Waals surface area contributed by atoms with Crippen molar-refractivity contribution in [2.75, 3.05) is 0 Å². The molecule has 0 aromatic heterocycles. The summed E-state index contributed by atoms with van der Waals surface area (Å²) < 4.78 is 0. The molecule has 0 saturated carbocycles. The average Bonchev–Trinajstić information content (AvgIpc) is 2.48. The van der Waals surface area contributed by atoms with E-state index in [2.05, 4.69) is 49.4 Å². The molecule has 0 nitrogen and oxygen atoms in total. The highest BCUT2D eigenvalue weighted by atomic mass is 32.2. The van der Waals surface area contributed by atoms with E-state index < -0.39 is 0 Å². The minimum absolute atomic E-state index is 1.08. The summed E-state index contributed by atoms with van der Waals surface area (Å²) in [5.41, 5.74) is 5.93. The maximum Gasteiger partial charge on any atom is 0.0237 e. The molecule has 0 saturated heterocycles. The third kappa shape index (κ3) is 1.65. The zero-order valence-electron chi connectivity index (χ0n) is 9.36. The van der Waals surface area contributed by atoms with Gasteiger partial charge in [-0.05, 0) is 41.7 Å². The first-order valence-electron chi connectivity index (χ1n) is 5.62. The lowest BCUT2D eigenvalue weighted by atomic mass is 9.97. The molecule has 0 amide bonds. The van der Waals surface area contributed by atoms with Gasteiger partial charge in [-0.25, -0.2) is 0 Å². The third-order valence-corrected chi connectivity index (χ3v) is 4.38. The Labute approximate surface area is 101 Å². The quantitative estimate of drug-likeness (QED) is 0.649. The van der Waals surface area contributed by atoms with Gasteiger partial charge in [-0.1, -0.05) is 36.4 Å². The van der Waals surface area contributed by atoms with Gasteiger partial charge >= 0.3 is 0 Å². The summed E-state index contributed by atoms with van der Waals surface area (Å²) in [6.07, 6.45) is 1.08. The number of hydrogen-bond acceptors (Lipinski definition) is 1. The van der Waals surface area contributed by atoms with Crippen molar-refractivity contribution in [3.8, 4) is 0 Å². The Morgan fingerprint density at radius 3 is 2.69 bits per heavy atom. The molecule has 2 aromatic carbocycles. The van der Waals surface area contributed by atoms with Crippen molar-refractivity contribution in [3.05, 3.63) is 64.7 Å². The van der Waals surface area contributed by atoms with Crippen LogP contribution >= 0.6 is 11.8 Å². The molecule has 1 aliphatic rings. The van der Waals surface area contributed by atoms with Crippen LogP contribution in [0.15, 0.2) is 47.4 Å². The fraction of sp³-hybridized carbons (Fsp3) is 0.200. The van der Waals surface area contributed by atoms with Gasteiger partial charge in [0.2, 0.25) is 0 Å². The topological polar surface area (TPSA) is 0 Å². The van der Waals surface area contributed by atoms with Crippen LogP contribution < -0.4 is 0 Å². The predicted octanol–water partition coefficient (Wildman–Crippen LogP) is 4.19. The second kappa shape index (κ2) is 3.99. The van der Waals surface area contributed by atoms with Gasteiger partial charge in [0.05, 0.1) is 0 Å². The molecule has 16 heavy (non-hydrogen) atoms. The second-order valence-electron chi connectivity index (χ2n) is 4.29. The van der Waals surface area contributed by atoms with E-state index in [9.17, 15) is 0 Å². The highest BCUT2D eigenvalue weighted by Crippen LogP contribution is 2.34. The summed E-state index contributed by atoms with van der Waals surface area (Å²) in [5, 5.41) is 0. The third-order valence-electron chi connectivity index (χ3n) is 3.23. The van der Waals surface area contributed by atoms with Gasteiger partial charge in [-0.2, -0.15) is 0 Å². The van der Waals surface area contributed by atoms with Crippen LogP contribution in [0.5, 0.6) is 0 Å². The zero-order chi connectivity index (χ0) is 11.0. The summed E-state index contributed by atoms with van der Waals surface area (Å²) in [6, 6.07) is 15.4. The van der Waals surface area contributed by atoms with Crippen LogP contribution in [0.3, 0.4) is 0 Å². The van der Waals surface area contributed by atoms with Crippen LogP contribution in [0.25, 0.3) is 0 Å². The van der Waals surface area contributed by atoms with Gasteiger partial charge in [0.25, 0.3) is 0 Å². The summed E-state index contributed by atoms with van der Waals surface area (Å²) in [5.74, 6) is 1.11. The zero-order valence-corrected chi connectivity index (χ0v) is 10.2. The molecule has 0 bridgehead atoms. The number of fused-ring (bicyclic) bond motifs is 2. The van der Waals surface area contributed by atoms with Crippen LogP contribution in [0.1, 0.15) is 22.3 Å². The van der Waals surface area contributed by atoms with Crippen molar-refractivity contribution in [1.82, 2.24) is 0 Å². The van der Waals surface area contributed by atoms with Gasteiger partial charge in [0.15, 0.2) is 0 Å². The molecule has 1 heteroatoms. The van der Waals surface area contributed by atoms with Crippen LogP contribution in [0, 0.1) is 6.92 Å². The molecule has 0 radical (unpaired) electrons. The molecule has 1 heterocycles. The Morgan fingerprint density at radius 1 is 0.938 bits per heavy atom. The molecule has 0 N–H and O–H groups in total. The fourth-order valence-corrected chi connectivity index (χ4v) is 3.49. The monoisotopic (exact) mass is 226 g/mol. The Kier molecular flexibility index (Phi) is 2.49. The van der Waals surface area contributed by atoms with E-state index >= 15 is 0 Å². The van der Waals surface area contributed by atoms with E-state index in [1.165, 1.54) is 27.1 Å². The van der Waals surface area contributed by atoms with Crippen molar-refractivity contribution in [1.29, 1.82) is 0 Å². The van der Waals surface area contributed by atoms with E-state index in [1.807, 2.05) is 11.8 Å². The lowest BCUT2D eigenvalue weighted by Crippen LogP contribution is -1.94. The molecule has 3 rings (SSSR count). The van der Waals surface area contributed by atoms with E-state index in [1.54, 1.807) is 0 Å². The SMILES string of the molecule is Cc1cccc2c1CSc1ccccc1C2. The van der Waals surface area contributed by atoms with Crippen LogP contribution in [-0.2, 0) is 12.2 Å². The highest BCUT2D eigenvalue weighted by Gasteiger charge is 2.13. The molecule has 0 atom stereocenters. The Balaban J connectivity index is 2.12. The number of thioether (sulfide) groups is 1. The summed E-state index contributed by atoms with van der Waals surface area (Å²) in [7, 11) is 0. The first-order valence-corrected chi connectivity index (χ1v) is 6.61. The van der Waals surface area contributed by atoms with Crippen molar-refractivity contribution >= 4 is 11.8 Å². The lowest BCUT2D eigenvalue weighted by molar-refractivity contribution is 1.11. The highest BCUT2D eigenvalue weighted by molar-refractivity contribution is 7.98. The number of aryl methyl sites for hydroxylation is 1. The molecule has 0 fully saturated rings. The molecule has 1 aliphatic heterocycles. The van der Waals surface area contributed by atoms with E-state index in [0.29, 0.717) is 0 Å². The minimum Gasteiger partial charge on any atom is -0.121 e. The first kappa shape index (κ1) is 9.98. The molecular formula is C15H14S. The Hall–Kier alpha value is -1.21. The molecule has 0 spiro atoms. The Morgan fingerprint density at radius 2 is 1.75 bits per heavy atom. The van der Waals surface area contributed by atoms with E-state index in [-0.39, 0.29) is 0 Å². The van der Waals surface area contributed by atoms with Crippen molar-refractivity contribution in [2.24, 2.45) is 0 Å². The summed E-state index contributed by atoms with van der Waals surface area (Å²) in [4.78, 5) is 1.44. The molecule has 2 aromatic rings. The maximum absolute atomic E-state index is 2.27. The maximum atomic E-state index is 2.27. The van der Waals surface area contributed by atoms with Gasteiger partial charge in [-0.3, -0.25) is 0 Å². The normalized spacial score (nSPS) is 13.8. The van der Waals surface area contributed by atoms with Gasteiger partial charge in [0, 0.05) is 10.6 Å². The van der Waals surface area contributed by atoms with Crippen LogP contribution in [0.4, 0.5) is 0 Å². The summed E-state index contributed by atoms with van der Waals surface area (Å²) >= 11 is 1.97. The average molecular weight is 226 g/mol. The second-order valence-corrected chi connectivity index (χ2v) is 5.30. The van der Waals surface area contributed by atoms with E-state index in [4.69, 9.17) is 0 Å². The van der Waals surface area contributed by atoms with Crippen molar-refractivity contribution in [2.45, 2.75) is 24.0 Å². The first-order chi connectivity index (χ1) is 7.84. The molecular weight excluding hydrogens is 212 g/mol. The summed E-state index contributed by atoms with van der Waals surface area (Å²) in [6.45, 7) is 2.22. The van der Waals surface area contributed by atoms with Crippen molar-refractivity contribution in [3.63, 3.8) is 0 Å². The Bertz CT molecular complexity index is 529. The van der Waals surface area contributed by atoms with Crippen LogP contribution in [-0.4, -0.2) is 0 Å². The standard InChI is InChI=1S/C15H14S/c1-11-5-4-7-12-9-13-6-2-3-8-15(13)16-10-14(11)12/h2-8H,9-10H2,1H3. The number of rotatable bonds is 0. The number of hydrogen-bond donors (Lipinski definition) is 0. The molecule has 0 unspecified atom stereocenters. The molecule has 0 aliphatic carbocycles. The van der Waals surface area contributed by atoms with Crippen molar-refractivity contribution < 1.29 is 0 Å². The van der Waals surface area contributed by atoms with E-state index in [0.717, 1.165) is 12.2 Å². The number of benzene rings is 2. The predicted molar refractivity (Wildman–Crippen MR) is 70.0 cm³/mol.